The van der Waals surface area contributed by atoms with Crippen LogP contribution in [-0.2, 0) is 14.3 Å². The van der Waals surface area contributed by atoms with Crippen molar-refractivity contribution in [3.05, 3.63) is 0 Å². The van der Waals surface area contributed by atoms with E-state index in [2.05, 4.69) is 5.32 Å². The first-order valence-electron chi connectivity index (χ1n) is 5.75. The molecule has 2 N–H and O–H groups in total. The molecule has 1 heterocycles. The molecule has 1 aliphatic heterocycles. The smallest absolute Gasteiger partial charge is 0.326 e. The third-order valence-electron chi connectivity index (χ3n) is 2.82. The quantitative estimate of drug-likeness (QED) is 0.737. The van der Waals surface area contributed by atoms with Gasteiger partial charge in [0.1, 0.15) is 6.04 Å². The van der Waals surface area contributed by atoms with Crippen molar-refractivity contribution in [2.75, 3.05) is 25.2 Å². The predicted octanol–water partition coefficient (Wildman–Crippen LogP) is 0.735. The Morgan fingerprint density at radius 2 is 2.12 bits per heavy atom. The molecule has 1 saturated heterocycles. The number of nitrogens with one attached hydrogen (secondary N) is 1. The average Bonchev–Trinajstić information content (AvgIpc) is 2.35. The van der Waals surface area contributed by atoms with Gasteiger partial charge in [-0.2, -0.15) is 11.8 Å². The molecule has 1 amide bonds. The fourth-order valence-corrected chi connectivity index (χ4v) is 2.21. The molecule has 1 atom stereocenters. The molecule has 0 saturated carbocycles. The third kappa shape index (κ3) is 4.95. The molecule has 0 unspecified atom stereocenters. The number of thioether (sulfide) groups is 1. The van der Waals surface area contributed by atoms with Crippen LogP contribution in [0, 0.1) is 5.92 Å². The highest BCUT2D eigenvalue weighted by Gasteiger charge is 2.26. The van der Waals surface area contributed by atoms with Crippen LogP contribution in [0.15, 0.2) is 0 Å². The van der Waals surface area contributed by atoms with Crippen molar-refractivity contribution in [3.8, 4) is 0 Å². The number of carbonyl (C=O) groups is 2. The summed E-state index contributed by atoms with van der Waals surface area (Å²) in [5, 5.41) is 11.6. The number of carboxylic acid groups (broad SMARTS) is 1. The lowest BCUT2D eigenvalue weighted by molar-refractivity contribution is -0.143. The zero-order valence-electron chi connectivity index (χ0n) is 9.98. The highest BCUT2D eigenvalue weighted by molar-refractivity contribution is 7.98. The first-order chi connectivity index (χ1) is 8.15. The molecule has 0 aromatic heterocycles. The van der Waals surface area contributed by atoms with Crippen molar-refractivity contribution >= 4 is 23.6 Å². The summed E-state index contributed by atoms with van der Waals surface area (Å²) in [6.45, 7) is 1.17. The molecule has 1 fully saturated rings. The van der Waals surface area contributed by atoms with Crippen LogP contribution < -0.4 is 5.32 Å². The average molecular weight is 261 g/mol. The van der Waals surface area contributed by atoms with Gasteiger partial charge in [0.15, 0.2) is 0 Å². The van der Waals surface area contributed by atoms with Crippen LogP contribution in [0.25, 0.3) is 0 Å². The topological polar surface area (TPSA) is 75.6 Å². The van der Waals surface area contributed by atoms with E-state index in [1.807, 2.05) is 6.26 Å². The van der Waals surface area contributed by atoms with E-state index >= 15 is 0 Å². The first-order valence-corrected chi connectivity index (χ1v) is 7.14. The van der Waals surface area contributed by atoms with Crippen molar-refractivity contribution in [2.45, 2.75) is 25.3 Å². The van der Waals surface area contributed by atoms with Crippen LogP contribution in [0.4, 0.5) is 0 Å². The second kappa shape index (κ2) is 7.55. The van der Waals surface area contributed by atoms with Crippen molar-refractivity contribution < 1.29 is 19.4 Å². The largest absolute Gasteiger partial charge is 0.480 e. The Balaban J connectivity index is 2.42. The van der Waals surface area contributed by atoms with Crippen molar-refractivity contribution in [3.63, 3.8) is 0 Å². The zero-order chi connectivity index (χ0) is 12.7. The van der Waals surface area contributed by atoms with Gasteiger partial charge in [-0.15, -0.1) is 0 Å². The predicted molar refractivity (Wildman–Crippen MR) is 66.1 cm³/mol. The second-order valence-electron chi connectivity index (χ2n) is 4.07. The number of rotatable bonds is 6. The van der Waals surface area contributed by atoms with Crippen molar-refractivity contribution in [2.24, 2.45) is 5.92 Å². The maximum atomic E-state index is 11.8. The van der Waals surface area contributed by atoms with Gasteiger partial charge in [0.25, 0.3) is 0 Å². The van der Waals surface area contributed by atoms with E-state index in [1.165, 1.54) is 0 Å². The van der Waals surface area contributed by atoms with Crippen LogP contribution in [0.2, 0.25) is 0 Å². The summed E-state index contributed by atoms with van der Waals surface area (Å²) in [7, 11) is 0. The van der Waals surface area contributed by atoms with Gasteiger partial charge in [-0.1, -0.05) is 0 Å². The Hall–Kier alpha value is -0.750. The van der Waals surface area contributed by atoms with Crippen LogP contribution in [0.3, 0.4) is 0 Å². The number of amides is 1. The van der Waals surface area contributed by atoms with Gasteiger partial charge in [0, 0.05) is 19.1 Å². The lowest BCUT2D eigenvalue weighted by Crippen LogP contribution is -2.45. The summed E-state index contributed by atoms with van der Waals surface area (Å²) >= 11 is 1.58. The Morgan fingerprint density at radius 1 is 1.47 bits per heavy atom. The summed E-state index contributed by atoms with van der Waals surface area (Å²) in [5.41, 5.74) is 0. The molecule has 17 heavy (non-hydrogen) atoms. The van der Waals surface area contributed by atoms with E-state index in [0.717, 1.165) is 5.75 Å². The fraction of sp³-hybridized carbons (Fsp3) is 0.818. The maximum absolute atomic E-state index is 11.8. The zero-order valence-corrected chi connectivity index (χ0v) is 10.8. The SMILES string of the molecule is CSCC[C@H](NC(=O)C1CCOCC1)C(=O)O. The lowest BCUT2D eigenvalue weighted by Gasteiger charge is -2.23. The highest BCUT2D eigenvalue weighted by atomic mass is 32.2. The van der Waals surface area contributed by atoms with E-state index in [-0.39, 0.29) is 11.8 Å². The molecule has 5 nitrogen and oxygen atoms in total. The fourth-order valence-electron chi connectivity index (χ4n) is 1.74. The Labute approximate surface area is 105 Å². The van der Waals surface area contributed by atoms with Crippen LogP contribution in [0.1, 0.15) is 19.3 Å². The molecule has 0 bridgehead atoms. The molecular formula is C11H19NO4S. The highest BCUT2D eigenvalue weighted by Crippen LogP contribution is 2.15. The van der Waals surface area contributed by atoms with Gasteiger partial charge in [-0.25, -0.2) is 4.79 Å². The summed E-state index contributed by atoms with van der Waals surface area (Å²) in [6, 6.07) is -0.766. The third-order valence-corrected chi connectivity index (χ3v) is 3.46. The van der Waals surface area contributed by atoms with Gasteiger partial charge >= 0.3 is 5.97 Å². The van der Waals surface area contributed by atoms with Crippen molar-refractivity contribution in [1.29, 1.82) is 0 Å². The molecule has 1 rings (SSSR count). The minimum absolute atomic E-state index is 0.0973. The molecule has 0 aromatic carbocycles. The van der Waals surface area contributed by atoms with E-state index in [9.17, 15) is 9.59 Å². The number of carboxylic acids is 1. The molecular weight excluding hydrogens is 242 g/mol. The summed E-state index contributed by atoms with van der Waals surface area (Å²) in [4.78, 5) is 22.8. The van der Waals surface area contributed by atoms with Crippen molar-refractivity contribution in [1.82, 2.24) is 5.32 Å². The number of hydrogen-bond acceptors (Lipinski definition) is 4. The molecule has 0 radical (unpaired) electrons. The van der Waals surface area contributed by atoms with Crippen LogP contribution in [0.5, 0.6) is 0 Å². The number of hydrogen-bond donors (Lipinski definition) is 2. The summed E-state index contributed by atoms with van der Waals surface area (Å²) in [6.07, 6.45) is 3.74. The monoisotopic (exact) mass is 261 g/mol. The molecule has 0 aliphatic carbocycles. The molecule has 0 spiro atoms. The van der Waals surface area contributed by atoms with Crippen LogP contribution in [-0.4, -0.2) is 48.2 Å². The Bertz CT molecular complexity index is 266. The van der Waals surface area contributed by atoms with Crippen LogP contribution >= 0.6 is 11.8 Å². The van der Waals surface area contributed by atoms with Gasteiger partial charge < -0.3 is 15.2 Å². The van der Waals surface area contributed by atoms with Gasteiger partial charge in [-0.05, 0) is 31.3 Å². The summed E-state index contributed by atoms with van der Waals surface area (Å²) < 4.78 is 5.17. The molecule has 0 aromatic rings. The molecule has 98 valence electrons. The molecule has 6 heteroatoms. The second-order valence-corrected chi connectivity index (χ2v) is 5.05. The number of aliphatic carboxylic acids is 1. The van der Waals surface area contributed by atoms with Gasteiger partial charge in [0.2, 0.25) is 5.91 Å². The molecule has 1 aliphatic rings. The van der Waals surface area contributed by atoms with E-state index < -0.39 is 12.0 Å². The number of ether oxygens (including phenoxy) is 1. The number of carbonyl (C=O) groups excluding carboxylic acids is 1. The Kier molecular flexibility index (Phi) is 6.36. The first kappa shape index (κ1) is 14.3. The van der Waals surface area contributed by atoms with E-state index in [4.69, 9.17) is 9.84 Å². The minimum Gasteiger partial charge on any atom is -0.480 e. The standard InChI is InChI=1S/C11H19NO4S/c1-17-7-4-9(11(14)15)12-10(13)8-2-5-16-6-3-8/h8-9H,2-7H2,1H3,(H,12,13)(H,14,15)/t9-/m0/s1. The maximum Gasteiger partial charge on any atom is 0.326 e. The normalized spacial score (nSPS) is 18.6. The lowest BCUT2D eigenvalue weighted by atomic mass is 9.99. The Morgan fingerprint density at radius 3 is 2.65 bits per heavy atom. The van der Waals surface area contributed by atoms with E-state index in [0.29, 0.717) is 32.5 Å². The van der Waals surface area contributed by atoms with Gasteiger partial charge in [0.05, 0.1) is 0 Å². The summed E-state index contributed by atoms with van der Waals surface area (Å²) in [5.74, 6) is -0.480. The minimum atomic E-state index is -0.959. The van der Waals surface area contributed by atoms with E-state index in [1.54, 1.807) is 11.8 Å². The van der Waals surface area contributed by atoms with Gasteiger partial charge in [-0.3, -0.25) is 4.79 Å².